The fourth-order valence-corrected chi connectivity index (χ4v) is 1.59. The molecule has 2 nitrogen and oxygen atoms in total. The largest absolute Gasteiger partial charge is 0.461 e. The Kier molecular flexibility index (Phi) is 2.35. The molecule has 1 heterocycles. The molecule has 0 spiro atoms. The van der Waals surface area contributed by atoms with Gasteiger partial charge in [-0.05, 0) is 31.0 Å². The first kappa shape index (κ1) is 9.00. The van der Waals surface area contributed by atoms with Gasteiger partial charge in [0.05, 0.1) is 0 Å². The van der Waals surface area contributed by atoms with Crippen molar-refractivity contribution < 1.29 is 9.21 Å². The van der Waals surface area contributed by atoms with Gasteiger partial charge in [0.1, 0.15) is 17.6 Å². The van der Waals surface area contributed by atoms with Crippen molar-refractivity contribution in [1.82, 2.24) is 0 Å². The third kappa shape index (κ3) is 1.69. The van der Waals surface area contributed by atoms with Gasteiger partial charge in [-0.15, -0.1) is 0 Å². The van der Waals surface area contributed by atoms with E-state index < -0.39 is 0 Å². The predicted octanol–water partition coefficient (Wildman–Crippen LogP) is 2.87. The molecule has 14 heavy (non-hydrogen) atoms. The van der Waals surface area contributed by atoms with Crippen molar-refractivity contribution >= 4 is 17.3 Å². The third-order valence-electron chi connectivity index (χ3n) is 2.26. The number of aryl methyl sites for hydroxylation is 2. The normalized spacial score (nSPS) is 10.6. The van der Waals surface area contributed by atoms with Crippen LogP contribution in [-0.2, 0) is 11.2 Å². The summed E-state index contributed by atoms with van der Waals surface area (Å²) >= 11 is 0. The highest BCUT2D eigenvalue weighted by atomic mass is 16.3. The summed E-state index contributed by atoms with van der Waals surface area (Å²) in [5.41, 5.74) is 2.06. The van der Waals surface area contributed by atoms with Gasteiger partial charge in [0, 0.05) is 11.8 Å². The van der Waals surface area contributed by atoms with E-state index in [-0.39, 0.29) is 0 Å². The quantitative estimate of drug-likeness (QED) is 0.693. The van der Waals surface area contributed by atoms with Crippen LogP contribution in [-0.4, -0.2) is 6.29 Å². The van der Waals surface area contributed by atoms with E-state index in [0.29, 0.717) is 6.42 Å². The minimum absolute atomic E-state index is 0.575. The molecule has 0 aliphatic carbocycles. The van der Waals surface area contributed by atoms with Crippen molar-refractivity contribution in [3.8, 4) is 0 Å². The Hall–Kier alpha value is -1.57. The van der Waals surface area contributed by atoms with E-state index in [1.54, 1.807) is 0 Å². The van der Waals surface area contributed by atoms with Crippen molar-refractivity contribution in [3.05, 3.63) is 35.6 Å². The summed E-state index contributed by atoms with van der Waals surface area (Å²) in [5.74, 6) is 0.924. The molecule has 0 fully saturated rings. The molecular weight excluding hydrogens is 176 g/mol. The van der Waals surface area contributed by atoms with E-state index in [1.165, 1.54) is 0 Å². The molecule has 2 aromatic rings. The van der Waals surface area contributed by atoms with Crippen LogP contribution in [0.4, 0.5) is 0 Å². The Bertz CT molecular complexity index is 454. The molecule has 0 saturated carbocycles. The zero-order valence-corrected chi connectivity index (χ0v) is 8.12. The Balaban J connectivity index is 2.35. The lowest BCUT2D eigenvalue weighted by Crippen LogP contribution is -1.84. The van der Waals surface area contributed by atoms with Crippen LogP contribution in [0.2, 0.25) is 0 Å². The van der Waals surface area contributed by atoms with Crippen LogP contribution in [0.1, 0.15) is 17.7 Å². The number of benzene rings is 1. The van der Waals surface area contributed by atoms with Gasteiger partial charge in [-0.3, -0.25) is 0 Å². The van der Waals surface area contributed by atoms with Crippen LogP contribution in [0.15, 0.2) is 28.7 Å². The van der Waals surface area contributed by atoms with Crippen LogP contribution >= 0.6 is 0 Å². The molecule has 0 amide bonds. The van der Waals surface area contributed by atoms with E-state index in [2.05, 4.69) is 0 Å². The molecule has 2 rings (SSSR count). The maximum Gasteiger partial charge on any atom is 0.134 e. The van der Waals surface area contributed by atoms with E-state index >= 15 is 0 Å². The molecule has 0 bridgehead atoms. The zero-order valence-electron chi connectivity index (χ0n) is 8.12. The Labute approximate surface area is 82.5 Å². The molecule has 72 valence electrons. The van der Waals surface area contributed by atoms with Gasteiger partial charge < -0.3 is 9.21 Å². The number of hydrogen-bond acceptors (Lipinski definition) is 2. The summed E-state index contributed by atoms with van der Waals surface area (Å²) in [6.07, 6.45) is 2.31. The lowest BCUT2D eigenvalue weighted by Gasteiger charge is -1.96. The Morgan fingerprint density at radius 3 is 3.00 bits per heavy atom. The standard InChI is InChI=1S/C12H12O2/c1-9-7-11-5-4-10(3-2-6-13)8-12(11)14-9/h4-8H,2-3H2,1H3. The number of fused-ring (bicyclic) bond motifs is 1. The number of furan rings is 1. The number of hydrogen-bond donors (Lipinski definition) is 0. The van der Waals surface area contributed by atoms with Gasteiger partial charge in [-0.25, -0.2) is 0 Å². The molecule has 0 saturated heterocycles. The maximum atomic E-state index is 10.2. The third-order valence-corrected chi connectivity index (χ3v) is 2.26. The molecule has 0 unspecified atom stereocenters. The first-order valence-corrected chi connectivity index (χ1v) is 4.72. The lowest BCUT2D eigenvalue weighted by atomic mass is 10.1. The van der Waals surface area contributed by atoms with Crippen molar-refractivity contribution in [1.29, 1.82) is 0 Å². The Morgan fingerprint density at radius 2 is 2.21 bits per heavy atom. The second-order valence-corrected chi connectivity index (χ2v) is 3.43. The van der Waals surface area contributed by atoms with E-state index in [9.17, 15) is 4.79 Å². The molecule has 0 aliphatic heterocycles. The predicted molar refractivity (Wildman–Crippen MR) is 55.3 cm³/mol. The number of aldehydes is 1. The van der Waals surface area contributed by atoms with Gasteiger partial charge in [-0.2, -0.15) is 0 Å². The fourth-order valence-electron chi connectivity index (χ4n) is 1.59. The molecule has 1 aromatic heterocycles. The van der Waals surface area contributed by atoms with Gasteiger partial charge in [0.25, 0.3) is 0 Å². The van der Waals surface area contributed by atoms with Gasteiger partial charge in [-0.1, -0.05) is 12.1 Å². The zero-order chi connectivity index (χ0) is 9.97. The first-order valence-electron chi connectivity index (χ1n) is 4.72. The Morgan fingerprint density at radius 1 is 1.36 bits per heavy atom. The molecule has 1 aromatic carbocycles. The topological polar surface area (TPSA) is 30.2 Å². The van der Waals surface area contributed by atoms with Crippen LogP contribution in [0.25, 0.3) is 11.0 Å². The molecular formula is C12H12O2. The monoisotopic (exact) mass is 188 g/mol. The summed E-state index contributed by atoms with van der Waals surface area (Å²) in [7, 11) is 0. The smallest absolute Gasteiger partial charge is 0.134 e. The van der Waals surface area contributed by atoms with Gasteiger partial charge in [0.2, 0.25) is 0 Å². The lowest BCUT2D eigenvalue weighted by molar-refractivity contribution is -0.107. The second kappa shape index (κ2) is 3.66. The van der Waals surface area contributed by atoms with Crippen LogP contribution in [0, 0.1) is 6.92 Å². The van der Waals surface area contributed by atoms with Crippen molar-refractivity contribution in [2.24, 2.45) is 0 Å². The summed E-state index contributed by atoms with van der Waals surface area (Å²) in [6, 6.07) is 8.09. The fraction of sp³-hybridized carbons (Fsp3) is 0.250. The van der Waals surface area contributed by atoms with E-state index in [0.717, 1.165) is 35.0 Å². The summed E-state index contributed by atoms with van der Waals surface area (Å²) in [5, 5.41) is 1.12. The van der Waals surface area contributed by atoms with Gasteiger partial charge in [0.15, 0.2) is 0 Å². The average Bonchev–Trinajstić information content (AvgIpc) is 2.54. The SMILES string of the molecule is Cc1cc2ccc(CCC=O)cc2o1. The van der Waals surface area contributed by atoms with Crippen LogP contribution in [0.3, 0.4) is 0 Å². The molecule has 0 atom stereocenters. The maximum absolute atomic E-state index is 10.2. The molecule has 2 heteroatoms. The number of carbonyl (C=O) groups is 1. The minimum atomic E-state index is 0.575. The van der Waals surface area contributed by atoms with Crippen LogP contribution < -0.4 is 0 Å². The highest BCUT2D eigenvalue weighted by Crippen LogP contribution is 2.20. The molecule has 0 radical (unpaired) electrons. The first-order chi connectivity index (χ1) is 6.79. The highest BCUT2D eigenvalue weighted by Gasteiger charge is 2.01. The van der Waals surface area contributed by atoms with Crippen molar-refractivity contribution in [2.75, 3.05) is 0 Å². The molecule has 0 aliphatic rings. The summed E-state index contributed by atoms with van der Waals surface area (Å²) < 4.78 is 5.50. The second-order valence-electron chi connectivity index (χ2n) is 3.43. The van der Waals surface area contributed by atoms with E-state index in [4.69, 9.17) is 4.42 Å². The summed E-state index contributed by atoms with van der Waals surface area (Å²) in [4.78, 5) is 10.2. The van der Waals surface area contributed by atoms with Gasteiger partial charge >= 0.3 is 0 Å². The van der Waals surface area contributed by atoms with Crippen molar-refractivity contribution in [2.45, 2.75) is 19.8 Å². The number of carbonyl (C=O) groups excluding carboxylic acids is 1. The molecule has 0 N–H and O–H groups in total. The minimum Gasteiger partial charge on any atom is -0.461 e. The number of rotatable bonds is 3. The average molecular weight is 188 g/mol. The summed E-state index contributed by atoms with van der Waals surface area (Å²) in [6.45, 7) is 1.94. The van der Waals surface area contributed by atoms with E-state index in [1.807, 2.05) is 31.2 Å². The highest BCUT2D eigenvalue weighted by molar-refractivity contribution is 5.78. The van der Waals surface area contributed by atoms with Crippen molar-refractivity contribution in [3.63, 3.8) is 0 Å². The van der Waals surface area contributed by atoms with Crippen LogP contribution in [0.5, 0.6) is 0 Å².